The number of rotatable bonds is 3. The molecule has 1 unspecified atom stereocenters. The van der Waals surface area contributed by atoms with Crippen LogP contribution in [0.25, 0.3) is 11.0 Å². The van der Waals surface area contributed by atoms with Gasteiger partial charge in [-0.3, -0.25) is 0 Å². The van der Waals surface area contributed by atoms with E-state index in [-0.39, 0.29) is 22.2 Å². The summed E-state index contributed by atoms with van der Waals surface area (Å²) in [6.45, 7) is -2.97. The average molecular weight is 413 g/mol. The summed E-state index contributed by atoms with van der Waals surface area (Å²) < 4.78 is 46.5. The number of halogens is 4. The minimum atomic E-state index is -2.97. The van der Waals surface area contributed by atoms with Crippen molar-refractivity contribution in [3.8, 4) is 5.75 Å². The molecule has 1 aromatic heterocycles. The second kappa shape index (κ2) is 6.03. The first-order chi connectivity index (χ1) is 12.0. The molecular formula is C17H12BrF3N2O2. The van der Waals surface area contributed by atoms with Crippen molar-refractivity contribution in [2.24, 2.45) is 0 Å². The van der Waals surface area contributed by atoms with Gasteiger partial charge in [-0.2, -0.15) is 8.78 Å². The monoisotopic (exact) mass is 412 g/mol. The first-order valence-corrected chi connectivity index (χ1v) is 8.34. The molecule has 130 valence electrons. The largest absolute Gasteiger partial charge is 0.434 e. The van der Waals surface area contributed by atoms with Crippen molar-refractivity contribution in [1.82, 2.24) is 9.55 Å². The zero-order chi connectivity index (χ0) is 17.7. The molecule has 4 nitrogen and oxygen atoms in total. The summed E-state index contributed by atoms with van der Waals surface area (Å²) in [7, 11) is 0. The van der Waals surface area contributed by atoms with Gasteiger partial charge in [-0.1, -0.05) is 18.2 Å². The molecule has 1 aliphatic rings. The van der Waals surface area contributed by atoms with Crippen molar-refractivity contribution in [2.75, 3.05) is 0 Å². The number of imidazole rings is 1. The number of benzene rings is 2. The SMILES string of the molecule is OC1C[C@@H](c2ccccc2OC(F)F)n2c1nc1ccc(Br)c(F)c12. The molecule has 0 saturated heterocycles. The first kappa shape index (κ1) is 16.4. The Morgan fingerprint density at radius 3 is 2.76 bits per heavy atom. The zero-order valence-corrected chi connectivity index (χ0v) is 14.3. The topological polar surface area (TPSA) is 47.3 Å². The normalized spacial score (nSPS) is 19.6. The number of aromatic nitrogens is 2. The predicted molar refractivity (Wildman–Crippen MR) is 88.2 cm³/mol. The van der Waals surface area contributed by atoms with Crippen LogP contribution in [0.4, 0.5) is 13.2 Å². The third-order valence-electron chi connectivity index (χ3n) is 4.32. The molecule has 2 atom stereocenters. The lowest BCUT2D eigenvalue weighted by molar-refractivity contribution is -0.0507. The number of aliphatic hydroxyl groups is 1. The average Bonchev–Trinajstić information content (AvgIpc) is 3.09. The van der Waals surface area contributed by atoms with Crippen molar-refractivity contribution in [2.45, 2.75) is 25.2 Å². The molecule has 2 aromatic carbocycles. The van der Waals surface area contributed by atoms with Crippen LogP contribution in [0, 0.1) is 5.82 Å². The maximum Gasteiger partial charge on any atom is 0.387 e. The van der Waals surface area contributed by atoms with Crippen LogP contribution in [0.15, 0.2) is 40.9 Å². The summed E-state index contributed by atoms with van der Waals surface area (Å²) in [5.74, 6) is -0.203. The van der Waals surface area contributed by atoms with E-state index >= 15 is 0 Å². The minimum absolute atomic E-state index is 0.000181. The van der Waals surface area contributed by atoms with E-state index in [0.717, 1.165) is 0 Å². The molecule has 25 heavy (non-hydrogen) atoms. The molecule has 0 bridgehead atoms. The molecule has 0 fully saturated rings. The third kappa shape index (κ3) is 2.60. The van der Waals surface area contributed by atoms with E-state index in [1.54, 1.807) is 28.8 Å². The molecular weight excluding hydrogens is 401 g/mol. The summed E-state index contributed by atoms with van der Waals surface area (Å²) in [6.07, 6.45) is -0.719. The van der Waals surface area contributed by atoms with Crippen LogP contribution in [-0.2, 0) is 0 Å². The summed E-state index contributed by atoms with van der Waals surface area (Å²) in [5.41, 5.74) is 1.06. The quantitative estimate of drug-likeness (QED) is 0.685. The second-order valence-electron chi connectivity index (χ2n) is 5.75. The zero-order valence-electron chi connectivity index (χ0n) is 12.7. The molecule has 0 aliphatic carbocycles. The van der Waals surface area contributed by atoms with Crippen LogP contribution in [0.3, 0.4) is 0 Å². The van der Waals surface area contributed by atoms with Crippen molar-refractivity contribution >= 4 is 27.0 Å². The van der Waals surface area contributed by atoms with Crippen LogP contribution in [0.1, 0.15) is 30.0 Å². The molecule has 0 amide bonds. The highest BCUT2D eigenvalue weighted by Gasteiger charge is 2.36. The second-order valence-corrected chi connectivity index (χ2v) is 6.61. The van der Waals surface area contributed by atoms with Crippen LogP contribution in [0.5, 0.6) is 5.75 Å². The van der Waals surface area contributed by atoms with Gasteiger partial charge in [0, 0.05) is 12.0 Å². The standard InChI is InChI=1S/C17H12BrF3N2O2/c18-9-5-6-10-15(14(9)19)23-11(7-12(24)16(23)22-10)8-3-1-2-4-13(8)25-17(20)21/h1-6,11-12,17,24H,7H2/t11-,12?/m0/s1. The van der Waals surface area contributed by atoms with Crippen LogP contribution < -0.4 is 4.74 Å². The molecule has 2 heterocycles. The van der Waals surface area contributed by atoms with E-state index in [1.165, 1.54) is 12.1 Å². The van der Waals surface area contributed by atoms with Gasteiger partial charge in [-0.25, -0.2) is 9.37 Å². The number of aliphatic hydroxyl groups excluding tert-OH is 1. The fourth-order valence-corrected chi connectivity index (χ4v) is 3.66. The Labute approximate surface area is 149 Å². The van der Waals surface area contributed by atoms with Crippen LogP contribution >= 0.6 is 15.9 Å². The molecule has 0 radical (unpaired) electrons. The van der Waals surface area contributed by atoms with Gasteiger partial charge < -0.3 is 14.4 Å². The van der Waals surface area contributed by atoms with Gasteiger partial charge in [0.15, 0.2) is 5.82 Å². The summed E-state index contributed by atoms with van der Waals surface area (Å²) in [6, 6.07) is 8.94. The maximum atomic E-state index is 14.7. The van der Waals surface area contributed by atoms with Gasteiger partial charge in [0.1, 0.15) is 23.2 Å². The molecule has 4 rings (SSSR count). The fourth-order valence-electron chi connectivity index (χ4n) is 3.34. The number of nitrogens with zero attached hydrogens (tertiary/aromatic N) is 2. The molecule has 3 aromatic rings. The van der Waals surface area contributed by atoms with Crippen molar-refractivity contribution < 1.29 is 23.0 Å². The molecule has 0 saturated carbocycles. The summed E-state index contributed by atoms with van der Waals surface area (Å²) >= 11 is 3.15. The van der Waals surface area contributed by atoms with E-state index in [2.05, 4.69) is 25.7 Å². The van der Waals surface area contributed by atoms with Crippen LogP contribution in [-0.4, -0.2) is 21.3 Å². The number of hydrogen-bond donors (Lipinski definition) is 1. The Balaban J connectivity index is 1.93. The Kier molecular flexibility index (Phi) is 3.96. The van der Waals surface area contributed by atoms with E-state index in [0.29, 0.717) is 16.9 Å². The predicted octanol–water partition coefficient (Wildman–Crippen LogP) is 4.57. The smallest absolute Gasteiger partial charge is 0.387 e. The third-order valence-corrected chi connectivity index (χ3v) is 4.93. The highest BCUT2D eigenvalue weighted by atomic mass is 79.9. The molecule has 8 heteroatoms. The van der Waals surface area contributed by atoms with E-state index < -0.39 is 24.6 Å². The number of hydrogen-bond acceptors (Lipinski definition) is 3. The Morgan fingerprint density at radius 1 is 1.24 bits per heavy atom. The van der Waals surface area contributed by atoms with Gasteiger partial charge >= 0.3 is 6.61 Å². The number of para-hydroxylation sites is 1. The van der Waals surface area contributed by atoms with Gasteiger partial charge in [0.25, 0.3) is 0 Å². The minimum Gasteiger partial charge on any atom is -0.434 e. The van der Waals surface area contributed by atoms with E-state index in [9.17, 15) is 18.3 Å². The number of fused-ring (bicyclic) bond motifs is 3. The molecule has 1 N–H and O–H groups in total. The van der Waals surface area contributed by atoms with E-state index in [4.69, 9.17) is 0 Å². The maximum absolute atomic E-state index is 14.7. The van der Waals surface area contributed by atoms with Crippen molar-refractivity contribution in [3.63, 3.8) is 0 Å². The van der Waals surface area contributed by atoms with Crippen molar-refractivity contribution in [3.05, 3.63) is 58.1 Å². The Bertz CT molecular complexity index is 960. The molecule has 0 spiro atoms. The first-order valence-electron chi connectivity index (χ1n) is 7.55. The van der Waals surface area contributed by atoms with E-state index in [1.807, 2.05) is 0 Å². The highest BCUT2D eigenvalue weighted by molar-refractivity contribution is 9.10. The summed E-state index contributed by atoms with van der Waals surface area (Å²) in [4.78, 5) is 4.31. The van der Waals surface area contributed by atoms with Gasteiger partial charge in [0.05, 0.1) is 16.0 Å². The summed E-state index contributed by atoms with van der Waals surface area (Å²) in [5, 5.41) is 10.3. The lowest BCUT2D eigenvalue weighted by Gasteiger charge is -2.19. The molecule has 1 aliphatic heterocycles. The van der Waals surface area contributed by atoms with Crippen molar-refractivity contribution in [1.29, 1.82) is 0 Å². The van der Waals surface area contributed by atoms with Gasteiger partial charge in [-0.15, -0.1) is 0 Å². The van der Waals surface area contributed by atoms with Crippen LogP contribution in [0.2, 0.25) is 0 Å². The highest BCUT2D eigenvalue weighted by Crippen LogP contribution is 2.44. The Hall–Kier alpha value is -2.06. The number of ether oxygens (including phenoxy) is 1. The number of alkyl halides is 2. The fraction of sp³-hybridized carbons (Fsp3) is 0.235. The Morgan fingerprint density at radius 2 is 2.00 bits per heavy atom. The lowest BCUT2D eigenvalue weighted by Crippen LogP contribution is -2.11. The van der Waals surface area contributed by atoms with Gasteiger partial charge in [0.2, 0.25) is 0 Å². The lowest BCUT2D eigenvalue weighted by atomic mass is 10.0. The van der Waals surface area contributed by atoms with Gasteiger partial charge in [-0.05, 0) is 34.1 Å².